The van der Waals surface area contributed by atoms with Crippen molar-refractivity contribution in [2.24, 2.45) is 0 Å². The molecule has 7 nitrogen and oxygen atoms in total. The summed E-state index contributed by atoms with van der Waals surface area (Å²) in [6.45, 7) is 2.95. The van der Waals surface area contributed by atoms with Crippen LogP contribution < -0.4 is 26.8 Å². The van der Waals surface area contributed by atoms with Crippen LogP contribution in [0.1, 0.15) is 6.92 Å². The first kappa shape index (κ1) is 11.3. The van der Waals surface area contributed by atoms with Crippen LogP contribution in [0.25, 0.3) is 0 Å². The van der Waals surface area contributed by atoms with Crippen molar-refractivity contribution in [3.05, 3.63) is 0 Å². The molecule has 1 rings (SSSR count). The Morgan fingerprint density at radius 1 is 1.33 bits per heavy atom. The Balaban J connectivity index is 2.93. The smallest absolute Gasteiger partial charge is 0.245 e. The number of hydrogen-bond donors (Lipinski definition) is 4. The summed E-state index contributed by atoms with van der Waals surface area (Å²) in [6, 6.07) is 0. The second kappa shape index (κ2) is 5.20. The lowest BCUT2D eigenvalue weighted by atomic mass is 10.4. The number of anilines is 3. The highest BCUT2D eigenvalue weighted by Crippen LogP contribution is 2.26. The summed E-state index contributed by atoms with van der Waals surface area (Å²) in [5.41, 5.74) is 11.7. The molecule has 0 aromatic carbocycles. The van der Waals surface area contributed by atoms with E-state index >= 15 is 0 Å². The van der Waals surface area contributed by atoms with E-state index in [-0.39, 0.29) is 11.8 Å². The van der Waals surface area contributed by atoms with Gasteiger partial charge in [0, 0.05) is 6.54 Å². The van der Waals surface area contributed by atoms with Gasteiger partial charge < -0.3 is 21.5 Å². The quantitative estimate of drug-likeness (QED) is 0.493. The molecular weight excluding hydrogens is 196 g/mol. The summed E-state index contributed by atoms with van der Waals surface area (Å²) >= 11 is 0. The van der Waals surface area contributed by atoms with Gasteiger partial charge in [-0.15, -0.1) is 0 Å². The zero-order valence-corrected chi connectivity index (χ0v) is 8.87. The molecule has 6 N–H and O–H groups in total. The van der Waals surface area contributed by atoms with Crippen LogP contribution in [0.15, 0.2) is 0 Å². The number of nitrogens with one attached hydrogen (secondary N) is 2. The molecule has 1 aromatic rings. The molecule has 84 valence electrons. The van der Waals surface area contributed by atoms with Gasteiger partial charge in [0.1, 0.15) is 12.4 Å². The molecule has 0 amide bonds. The molecule has 0 aliphatic rings. The normalized spacial score (nSPS) is 10.0. The molecule has 1 heterocycles. The van der Waals surface area contributed by atoms with Gasteiger partial charge in [0.05, 0.1) is 0 Å². The van der Waals surface area contributed by atoms with Crippen LogP contribution in [-0.2, 0) is 0 Å². The minimum atomic E-state index is 0.131. The van der Waals surface area contributed by atoms with E-state index in [0.717, 1.165) is 0 Å². The molecular formula is C8H16N6O. The summed E-state index contributed by atoms with van der Waals surface area (Å²) in [5.74, 6) is 0.912. The highest BCUT2D eigenvalue weighted by atomic mass is 16.5. The molecule has 0 atom stereocenters. The fourth-order valence-corrected chi connectivity index (χ4v) is 1.02. The zero-order chi connectivity index (χ0) is 11.3. The summed E-state index contributed by atoms with van der Waals surface area (Å²) < 4.78 is 5.25. The third-order valence-corrected chi connectivity index (χ3v) is 1.63. The van der Waals surface area contributed by atoms with Gasteiger partial charge in [-0.05, 0) is 14.0 Å². The van der Waals surface area contributed by atoms with Gasteiger partial charge in [-0.1, -0.05) is 0 Å². The standard InChI is InChI=1S/C8H16N6O/c1-3-12-6-5(9)7(15-4-11-2)14-8(10)13-6/h11H,3-4,9H2,1-2H3,(H3,10,12,13,14). The minimum Gasteiger partial charge on any atom is -0.460 e. The fourth-order valence-electron chi connectivity index (χ4n) is 1.02. The third kappa shape index (κ3) is 2.84. The minimum absolute atomic E-state index is 0.131. The van der Waals surface area contributed by atoms with Crippen LogP contribution in [0.2, 0.25) is 0 Å². The van der Waals surface area contributed by atoms with E-state index in [0.29, 0.717) is 24.8 Å². The van der Waals surface area contributed by atoms with Crippen molar-refractivity contribution in [3.8, 4) is 5.88 Å². The maximum atomic E-state index is 5.78. The molecule has 0 saturated carbocycles. The van der Waals surface area contributed by atoms with Crippen molar-refractivity contribution < 1.29 is 4.74 Å². The highest BCUT2D eigenvalue weighted by Gasteiger charge is 2.10. The van der Waals surface area contributed by atoms with E-state index in [9.17, 15) is 0 Å². The topological polar surface area (TPSA) is 111 Å². The van der Waals surface area contributed by atoms with Gasteiger partial charge in [-0.3, -0.25) is 5.32 Å². The van der Waals surface area contributed by atoms with Crippen molar-refractivity contribution in [1.29, 1.82) is 0 Å². The second-order valence-corrected chi connectivity index (χ2v) is 2.82. The van der Waals surface area contributed by atoms with Gasteiger partial charge in [-0.25, -0.2) is 0 Å². The molecule has 0 aliphatic heterocycles. The van der Waals surface area contributed by atoms with E-state index in [4.69, 9.17) is 16.2 Å². The summed E-state index contributed by atoms with van der Waals surface area (Å²) in [6.07, 6.45) is 0. The first-order chi connectivity index (χ1) is 7.19. The summed E-state index contributed by atoms with van der Waals surface area (Å²) in [7, 11) is 1.76. The summed E-state index contributed by atoms with van der Waals surface area (Å²) in [5, 5.41) is 5.79. The molecule has 0 fully saturated rings. The van der Waals surface area contributed by atoms with Crippen molar-refractivity contribution in [2.45, 2.75) is 6.92 Å². The second-order valence-electron chi connectivity index (χ2n) is 2.82. The first-order valence-electron chi connectivity index (χ1n) is 4.63. The monoisotopic (exact) mass is 212 g/mol. The van der Waals surface area contributed by atoms with Gasteiger partial charge in [0.25, 0.3) is 0 Å². The van der Waals surface area contributed by atoms with Gasteiger partial charge >= 0.3 is 0 Å². The van der Waals surface area contributed by atoms with Gasteiger partial charge in [-0.2, -0.15) is 9.97 Å². The van der Waals surface area contributed by atoms with Crippen LogP contribution in [0.4, 0.5) is 17.5 Å². The number of rotatable bonds is 5. The molecule has 0 radical (unpaired) electrons. The van der Waals surface area contributed by atoms with E-state index in [1.165, 1.54) is 0 Å². The molecule has 15 heavy (non-hydrogen) atoms. The Morgan fingerprint density at radius 2 is 2.07 bits per heavy atom. The Bertz CT molecular complexity index is 329. The number of ether oxygens (including phenoxy) is 1. The summed E-state index contributed by atoms with van der Waals surface area (Å²) in [4.78, 5) is 7.85. The third-order valence-electron chi connectivity index (χ3n) is 1.63. The van der Waals surface area contributed by atoms with Crippen LogP contribution >= 0.6 is 0 Å². The number of nitrogens with two attached hydrogens (primary N) is 2. The first-order valence-corrected chi connectivity index (χ1v) is 4.63. The highest BCUT2D eigenvalue weighted by molar-refractivity contribution is 5.68. The number of nitrogen functional groups attached to an aromatic ring is 2. The van der Waals surface area contributed by atoms with E-state index < -0.39 is 0 Å². The fraction of sp³-hybridized carbons (Fsp3) is 0.500. The SMILES string of the molecule is CCNc1nc(N)nc(OCNC)c1N. The predicted octanol–water partition coefficient (Wildman–Crippen LogP) is -0.371. The maximum Gasteiger partial charge on any atom is 0.245 e. The lowest BCUT2D eigenvalue weighted by molar-refractivity contribution is 0.287. The van der Waals surface area contributed by atoms with Gasteiger partial charge in [0.2, 0.25) is 11.8 Å². The Labute approximate surface area is 88.2 Å². The van der Waals surface area contributed by atoms with E-state index in [1.54, 1.807) is 7.05 Å². The number of nitrogens with zero attached hydrogens (tertiary/aromatic N) is 2. The van der Waals surface area contributed by atoms with Crippen LogP contribution in [0.3, 0.4) is 0 Å². The molecule has 0 spiro atoms. The van der Waals surface area contributed by atoms with Crippen molar-refractivity contribution in [3.63, 3.8) is 0 Å². The Hall–Kier alpha value is -1.76. The Kier molecular flexibility index (Phi) is 3.92. The lowest BCUT2D eigenvalue weighted by Gasteiger charge is -2.11. The molecule has 7 heteroatoms. The maximum absolute atomic E-state index is 5.78. The predicted molar refractivity (Wildman–Crippen MR) is 59.6 cm³/mol. The van der Waals surface area contributed by atoms with Crippen LogP contribution in [-0.4, -0.2) is 30.3 Å². The molecule has 1 aromatic heterocycles. The average Bonchev–Trinajstić information content (AvgIpc) is 2.21. The van der Waals surface area contributed by atoms with Gasteiger partial charge in [0.15, 0.2) is 5.82 Å². The van der Waals surface area contributed by atoms with E-state index in [2.05, 4.69) is 20.6 Å². The molecule has 0 bridgehead atoms. The van der Waals surface area contributed by atoms with Crippen molar-refractivity contribution >= 4 is 17.5 Å². The molecule has 0 unspecified atom stereocenters. The zero-order valence-electron chi connectivity index (χ0n) is 8.87. The Morgan fingerprint density at radius 3 is 2.67 bits per heavy atom. The largest absolute Gasteiger partial charge is 0.460 e. The van der Waals surface area contributed by atoms with Crippen molar-refractivity contribution in [2.75, 3.05) is 37.1 Å². The average molecular weight is 212 g/mol. The van der Waals surface area contributed by atoms with Crippen LogP contribution in [0.5, 0.6) is 5.88 Å². The lowest BCUT2D eigenvalue weighted by Crippen LogP contribution is -2.17. The van der Waals surface area contributed by atoms with E-state index in [1.807, 2.05) is 6.92 Å². The number of aromatic nitrogens is 2. The van der Waals surface area contributed by atoms with Crippen molar-refractivity contribution in [1.82, 2.24) is 15.3 Å². The number of hydrogen-bond acceptors (Lipinski definition) is 7. The molecule has 0 saturated heterocycles. The van der Waals surface area contributed by atoms with Crippen LogP contribution in [0, 0.1) is 0 Å². The molecule has 0 aliphatic carbocycles.